The molecule has 0 aliphatic rings. The van der Waals surface area contributed by atoms with Crippen molar-refractivity contribution >= 4 is 10.8 Å². The minimum absolute atomic E-state index is 0.225. The van der Waals surface area contributed by atoms with Crippen LogP contribution < -0.4 is 0 Å². The van der Waals surface area contributed by atoms with E-state index in [0.717, 1.165) is 39.2 Å². The Morgan fingerprint density at radius 1 is 0.800 bits per heavy atom. The van der Waals surface area contributed by atoms with E-state index >= 15 is 0 Å². The summed E-state index contributed by atoms with van der Waals surface area (Å²) in [5.41, 5.74) is 5.02. The maximum absolute atomic E-state index is 13.1. The van der Waals surface area contributed by atoms with Gasteiger partial charge in [0, 0.05) is 27.8 Å². The van der Waals surface area contributed by atoms with Gasteiger partial charge in [-0.2, -0.15) is 10.2 Å². The quantitative estimate of drug-likeness (QED) is 0.673. The summed E-state index contributed by atoms with van der Waals surface area (Å²) in [5.74, 6) is -0.225. The molecule has 0 aliphatic carbocycles. The van der Waals surface area contributed by atoms with Crippen LogP contribution in [0.5, 0.6) is 0 Å². The fourth-order valence-corrected chi connectivity index (χ4v) is 2.95. The lowest BCUT2D eigenvalue weighted by Gasteiger charge is -2.09. The number of benzene rings is 1. The standard InChI is InChI=1S/C16H16FN3/c1-9-15-11(3)20(14-7-5-13(17)6-8-14)12(4)16(15)10(2)19-18-9/h5-8H,1-4H3. The number of aryl methyl sites for hydroxylation is 4. The highest BCUT2D eigenvalue weighted by Crippen LogP contribution is 2.31. The Kier molecular flexibility index (Phi) is 2.82. The maximum atomic E-state index is 13.1. The summed E-state index contributed by atoms with van der Waals surface area (Å²) in [6, 6.07) is 6.55. The van der Waals surface area contributed by atoms with Gasteiger partial charge in [0.25, 0.3) is 0 Å². The summed E-state index contributed by atoms with van der Waals surface area (Å²) in [4.78, 5) is 0. The zero-order valence-corrected chi connectivity index (χ0v) is 12.0. The Bertz CT molecular complexity index is 756. The number of nitrogens with zero attached hydrogens (tertiary/aromatic N) is 3. The van der Waals surface area contributed by atoms with Crippen LogP contribution in [0.1, 0.15) is 22.8 Å². The largest absolute Gasteiger partial charge is 0.317 e. The molecule has 3 nitrogen and oxygen atoms in total. The second-order valence-corrected chi connectivity index (χ2v) is 5.10. The van der Waals surface area contributed by atoms with Crippen LogP contribution in [0, 0.1) is 33.5 Å². The Labute approximate surface area is 117 Å². The first-order chi connectivity index (χ1) is 9.50. The van der Waals surface area contributed by atoms with Gasteiger partial charge in [-0.25, -0.2) is 4.39 Å². The van der Waals surface area contributed by atoms with Crippen molar-refractivity contribution in [1.82, 2.24) is 14.8 Å². The van der Waals surface area contributed by atoms with Crippen LogP contribution in [0.25, 0.3) is 16.5 Å². The van der Waals surface area contributed by atoms with Crippen LogP contribution in [0.3, 0.4) is 0 Å². The fraction of sp³-hybridized carbons (Fsp3) is 0.250. The van der Waals surface area contributed by atoms with Gasteiger partial charge in [0.2, 0.25) is 0 Å². The smallest absolute Gasteiger partial charge is 0.123 e. The molecule has 0 saturated carbocycles. The molecule has 2 heterocycles. The van der Waals surface area contributed by atoms with Gasteiger partial charge in [-0.15, -0.1) is 0 Å². The number of aromatic nitrogens is 3. The average molecular weight is 269 g/mol. The molecule has 3 aromatic rings. The first kappa shape index (κ1) is 12.8. The number of halogens is 1. The van der Waals surface area contributed by atoms with Crippen LogP contribution >= 0.6 is 0 Å². The summed E-state index contributed by atoms with van der Waals surface area (Å²) < 4.78 is 15.2. The molecule has 0 spiro atoms. The molecule has 4 heteroatoms. The molecule has 1 aromatic carbocycles. The van der Waals surface area contributed by atoms with E-state index in [9.17, 15) is 4.39 Å². The van der Waals surface area contributed by atoms with Crippen LogP contribution in [-0.2, 0) is 0 Å². The predicted octanol–water partition coefficient (Wildman–Crippen LogP) is 3.79. The van der Waals surface area contributed by atoms with Gasteiger partial charge in [0.1, 0.15) is 5.82 Å². The molecule has 0 bridgehead atoms. The van der Waals surface area contributed by atoms with Gasteiger partial charge < -0.3 is 4.57 Å². The highest BCUT2D eigenvalue weighted by atomic mass is 19.1. The first-order valence-electron chi connectivity index (χ1n) is 6.58. The third kappa shape index (κ3) is 1.72. The molecule has 0 unspecified atom stereocenters. The number of hydrogen-bond donors (Lipinski definition) is 0. The van der Waals surface area contributed by atoms with Gasteiger partial charge in [0.15, 0.2) is 0 Å². The predicted molar refractivity (Wildman–Crippen MR) is 77.8 cm³/mol. The molecule has 0 N–H and O–H groups in total. The Balaban J connectivity index is 2.40. The highest BCUT2D eigenvalue weighted by molar-refractivity contribution is 5.92. The van der Waals surface area contributed by atoms with E-state index in [-0.39, 0.29) is 5.82 Å². The molecule has 102 valence electrons. The topological polar surface area (TPSA) is 30.7 Å². The van der Waals surface area contributed by atoms with Crippen molar-refractivity contribution in [3.05, 3.63) is 52.9 Å². The minimum atomic E-state index is -0.225. The van der Waals surface area contributed by atoms with Gasteiger partial charge in [-0.3, -0.25) is 0 Å². The highest BCUT2D eigenvalue weighted by Gasteiger charge is 2.17. The Hall–Kier alpha value is -2.23. The van der Waals surface area contributed by atoms with Gasteiger partial charge >= 0.3 is 0 Å². The molecule has 0 amide bonds. The molecule has 0 radical (unpaired) electrons. The van der Waals surface area contributed by atoms with Crippen molar-refractivity contribution in [2.45, 2.75) is 27.7 Å². The van der Waals surface area contributed by atoms with Crippen molar-refractivity contribution < 1.29 is 4.39 Å². The van der Waals surface area contributed by atoms with E-state index in [1.54, 1.807) is 12.1 Å². The lowest BCUT2D eigenvalue weighted by Crippen LogP contribution is -1.98. The molecule has 0 fully saturated rings. The molecule has 3 rings (SSSR count). The van der Waals surface area contributed by atoms with Crippen molar-refractivity contribution in [3.63, 3.8) is 0 Å². The second-order valence-electron chi connectivity index (χ2n) is 5.10. The van der Waals surface area contributed by atoms with Crippen LogP contribution in [-0.4, -0.2) is 14.8 Å². The number of fused-ring (bicyclic) bond motifs is 1. The van der Waals surface area contributed by atoms with Crippen molar-refractivity contribution in [3.8, 4) is 5.69 Å². The normalized spacial score (nSPS) is 11.2. The number of hydrogen-bond acceptors (Lipinski definition) is 2. The molecule has 2 aromatic heterocycles. The van der Waals surface area contributed by atoms with Crippen LogP contribution in [0.4, 0.5) is 4.39 Å². The molecule has 0 aliphatic heterocycles. The van der Waals surface area contributed by atoms with Crippen molar-refractivity contribution in [2.24, 2.45) is 0 Å². The van der Waals surface area contributed by atoms with E-state index in [2.05, 4.69) is 28.6 Å². The van der Waals surface area contributed by atoms with E-state index in [1.807, 2.05) is 13.8 Å². The monoisotopic (exact) mass is 269 g/mol. The Morgan fingerprint density at radius 3 is 1.70 bits per heavy atom. The third-order valence-electron chi connectivity index (χ3n) is 3.80. The van der Waals surface area contributed by atoms with Gasteiger partial charge in [-0.05, 0) is 52.0 Å². The van der Waals surface area contributed by atoms with Crippen LogP contribution in [0.2, 0.25) is 0 Å². The molecular weight excluding hydrogens is 253 g/mol. The van der Waals surface area contributed by atoms with E-state index < -0.39 is 0 Å². The van der Waals surface area contributed by atoms with E-state index in [1.165, 1.54) is 12.1 Å². The molecular formula is C16H16FN3. The fourth-order valence-electron chi connectivity index (χ4n) is 2.95. The summed E-state index contributed by atoms with van der Waals surface area (Å²) in [7, 11) is 0. The molecule has 0 saturated heterocycles. The number of rotatable bonds is 1. The summed E-state index contributed by atoms with van der Waals surface area (Å²) in [6.45, 7) is 8.06. The maximum Gasteiger partial charge on any atom is 0.123 e. The lowest BCUT2D eigenvalue weighted by atomic mass is 10.1. The first-order valence-corrected chi connectivity index (χ1v) is 6.58. The minimum Gasteiger partial charge on any atom is -0.317 e. The summed E-state index contributed by atoms with van der Waals surface area (Å²) in [5, 5.41) is 10.7. The van der Waals surface area contributed by atoms with Gasteiger partial charge in [-0.1, -0.05) is 0 Å². The van der Waals surface area contributed by atoms with Gasteiger partial charge in [0.05, 0.1) is 11.4 Å². The van der Waals surface area contributed by atoms with E-state index in [4.69, 9.17) is 0 Å². The third-order valence-corrected chi connectivity index (χ3v) is 3.80. The van der Waals surface area contributed by atoms with Crippen molar-refractivity contribution in [1.29, 1.82) is 0 Å². The van der Waals surface area contributed by atoms with Crippen molar-refractivity contribution in [2.75, 3.05) is 0 Å². The zero-order chi connectivity index (χ0) is 14.4. The average Bonchev–Trinajstić information content (AvgIpc) is 2.69. The molecule has 20 heavy (non-hydrogen) atoms. The zero-order valence-electron chi connectivity index (χ0n) is 12.0. The Morgan fingerprint density at radius 2 is 1.25 bits per heavy atom. The molecule has 0 atom stereocenters. The van der Waals surface area contributed by atoms with E-state index in [0.29, 0.717) is 0 Å². The second kappa shape index (κ2) is 4.40. The summed E-state index contributed by atoms with van der Waals surface area (Å²) >= 11 is 0. The SMILES string of the molecule is Cc1nnc(C)c2c(C)n(-c3ccc(F)cc3)c(C)c12. The van der Waals surface area contributed by atoms with Crippen LogP contribution in [0.15, 0.2) is 24.3 Å². The lowest BCUT2D eigenvalue weighted by molar-refractivity contribution is 0.627. The summed E-state index contributed by atoms with van der Waals surface area (Å²) in [6.07, 6.45) is 0.